The standard InChI is InChI=1S/C17H19N5O3/c1-20(10-11-21-9-5-8-18-21)16(23)14-12-15(17(24)25)22(19-14)13-6-3-2-4-7-13/h2-9,15H,10-12H2,1H3,(H,24,25). The molecule has 0 radical (unpaired) electrons. The number of anilines is 1. The first-order valence-corrected chi connectivity index (χ1v) is 7.93. The van der Waals surface area contributed by atoms with Gasteiger partial charge in [0.1, 0.15) is 5.71 Å². The maximum Gasteiger partial charge on any atom is 0.328 e. The number of aromatic nitrogens is 2. The van der Waals surface area contributed by atoms with E-state index in [9.17, 15) is 14.7 Å². The minimum absolute atomic E-state index is 0.0785. The van der Waals surface area contributed by atoms with Crippen molar-refractivity contribution in [2.45, 2.75) is 19.0 Å². The molecule has 0 fully saturated rings. The van der Waals surface area contributed by atoms with Crippen molar-refractivity contribution in [3.63, 3.8) is 0 Å². The molecule has 25 heavy (non-hydrogen) atoms. The SMILES string of the molecule is CN(CCn1cccn1)C(=O)C1=NN(c2ccccc2)C(C(=O)O)C1. The zero-order valence-corrected chi connectivity index (χ0v) is 13.8. The number of hydrogen-bond donors (Lipinski definition) is 1. The minimum Gasteiger partial charge on any atom is -0.480 e. The molecule has 0 saturated carbocycles. The fraction of sp³-hybridized carbons (Fsp3) is 0.294. The fourth-order valence-corrected chi connectivity index (χ4v) is 2.66. The summed E-state index contributed by atoms with van der Waals surface area (Å²) in [5.41, 5.74) is 0.899. The lowest BCUT2D eigenvalue weighted by Gasteiger charge is -2.19. The van der Waals surface area contributed by atoms with Crippen molar-refractivity contribution < 1.29 is 14.7 Å². The number of carbonyl (C=O) groups is 2. The van der Waals surface area contributed by atoms with Crippen LogP contribution in [0.4, 0.5) is 5.69 Å². The van der Waals surface area contributed by atoms with Gasteiger partial charge in [-0.3, -0.25) is 14.5 Å². The van der Waals surface area contributed by atoms with Crippen LogP contribution >= 0.6 is 0 Å². The van der Waals surface area contributed by atoms with Crippen LogP contribution in [0.15, 0.2) is 53.9 Å². The quantitative estimate of drug-likeness (QED) is 0.848. The summed E-state index contributed by atoms with van der Waals surface area (Å²) in [5, 5.41) is 19.2. The van der Waals surface area contributed by atoms with Gasteiger partial charge in [-0.05, 0) is 18.2 Å². The van der Waals surface area contributed by atoms with Crippen LogP contribution in [0, 0.1) is 0 Å². The van der Waals surface area contributed by atoms with Crippen molar-refractivity contribution in [2.24, 2.45) is 5.10 Å². The smallest absolute Gasteiger partial charge is 0.328 e. The lowest BCUT2D eigenvalue weighted by Crippen LogP contribution is -2.37. The Bertz CT molecular complexity index is 773. The van der Waals surface area contributed by atoms with Gasteiger partial charge in [0, 0.05) is 32.4 Å². The number of rotatable bonds is 6. The Balaban J connectivity index is 1.72. The van der Waals surface area contributed by atoms with E-state index in [0.29, 0.717) is 18.8 Å². The molecule has 8 nitrogen and oxygen atoms in total. The highest BCUT2D eigenvalue weighted by molar-refractivity contribution is 6.40. The number of carbonyl (C=O) groups excluding carboxylic acids is 1. The van der Waals surface area contributed by atoms with Gasteiger partial charge in [0.05, 0.1) is 12.2 Å². The number of nitrogens with zero attached hydrogens (tertiary/aromatic N) is 5. The third-order valence-electron chi connectivity index (χ3n) is 4.03. The summed E-state index contributed by atoms with van der Waals surface area (Å²) in [5.74, 6) is -1.27. The molecule has 1 aliphatic rings. The van der Waals surface area contributed by atoms with E-state index in [4.69, 9.17) is 0 Å². The van der Waals surface area contributed by atoms with Gasteiger partial charge in [-0.1, -0.05) is 18.2 Å². The molecule has 8 heteroatoms. The molecule has 1 N–H and O–H groups in total. The molecule has 1 aliphatic heterocycles. The molecule has 2 heterocycles. The summed E-state index contributed by atoms with van der Waals surface area (Å²) in [6, 6.07) is 9.94. The molecule has 1 aromatic heterocycles. The number of carboxylic acids is 1. The number of para-hydroxylation sites is 1. The lowest BCUT2D eigenvalue weighted by atomic mass is 10.1. The van der Waals surface area contributed by atoms with Crippen LogP contribution in [0.25, 0.3) is 0 Å². The van der Waals surface area contributed by atoms with Gasteiger partial charge in [0.25, 0.3) is 5.91 Å². The molecule has 2 aromatic rings. The average molecular weight is 341 g/mol. The van der Waals surface area contributed by atoms with E-state index >= 15 is 0 Å². The summed E-state index contributed by atoms with van der Waals surface area (Å²) in [6.07, 6.45) is 3.58. The van der Waals surface area contributed by atoms with Crippen LogP contribution in [0.5, 0.6) is 0 Å². The summed E-state index contributed by atoms with van der Waals surface area (Å²) in [7, 11) is 1.68. The topological polar surface area (TPSA) is 91.0 Å². The molecule has 1 unspecified atom stereocenters. The largest absolute Gasteiger partial charge is 0.480 e. The van der Waals surface area contributed by atoms with Crippen LogP contribution in [-0.2, 0) is 16.1 Å². The number of carboxylic acid groups (broad SMARTS) is 1. The van der Waals surface area contributed by atoms with Crippen LogP contribution in [-0.4, -0.2) is 57.0 Å². The van der Waals surface area contributed by atoms with E-state index in [0.717, 1.165) is 0 Å². The second-order valence-corrected chi connectivity index (χ2v) is 5.78. The van der Waals surface area contributed by atoms with Crippen molar-refractivity contribution >= 4 is 23.3 Å². The number of likely N-dealkylation sites (N-methyl/N-ethyl adjacent to an activating group) is 1. The molecule has 0 saturated heterocycles. The van der Waals surface area contributed by atoms with Crippen molar-refractivity contribution in [3.05, 3.63) is 48.8 Å². The van der Waals surface area contributed by atoms with E-state index in [1.807, 2.05) is 18.3 Å². The van der Waals surface area contributed by atoms with Crippen LogP contribution < -0.4 is 5.01 Å². The fourth-order valence-electron chi connectivity index (χ4n) is 2.66. The first-order valence-electron chi connectivity index (χ1n) is 7.93. The van der Waals surface area contributed by atoms with E-state index in [1.165, 1.54) is 9.91 Å². The van der Waals surface area contributed by atoms with Gasteiger partial charge in [-0.15, -0.1) is 0 Å². The number of hydrogen-bond acceptors (Lipinski definition) is 5. The highest BCUT2D eigenvalue weighted by Gasteiger charge is 2.36. The maximum atomic E-state index is 12.6. The molecular formula is C17H19N5O3. The molecular weight excluding hydrogens is 322 g/mol. The highest BCUT2D eigenvalue weighted by atomic mass is 16.4. The maximum absolute atomic E-state index is 12.6. The van der Waals surface area contributed by atoms with Crippen molar-refractivity contribution in [3.8, 4) is 0 Å². The summed E-state index contributed by atoms with van der Waals surface area (Å²) in [6.45, 7) is 1.02. The van der Waals surface area contributed by atoms with Gasteiger partial charge < -0.3 is 10.0 Å². The van der Waals surface area contributed by atoms with Gasteiger partial charge in [-0.2, -0.15) is 10.2 Å². The van der Waals surface area contributed by atoms with E-state index < -0.39 is 12.0 Å². The first kappa shape index (κ1) is 16.7. The molecule has 0 bridgehead atoms. The van der Waals surface area contributed by atoms with Gasteiger partial charge >= 0.3 is 5.97 Å². The zero-order valence-electron chi connectivity index (χ0n) is 13.8. The first-order chi connectivity index (χ1) is 12.1. The molecule has 0 aliphatic carbocycles. The normalized spacial score (nSPS) is 16.6. The second-order valence-electron chi connectivity index (χ2n) is 5.78. The number of aliphatic carboxylic acids is 1. The predicted molar refractivity (Wildman–Crippen MR) is 92.3 cm³/mol. The van der Waals surface area contributed by atoms with E-state index in [2.05, 4.69) is 10.2 Å². The van der Waals surface area contributed by atoms with Crippen molar-refractivity contribution in [1.82, 2.24) is 14.7 Å². The molecule has 3 rings (SSSR count). The van der Waals surface area contributed by atoms with Crippen LogP contribution in [0.1, 0.15) is 6.42 Å². The second kappa shape index (κ2) is 7.16. The molecule has 1 amide bonds. The Morgan fingerprint density at radius 1 is 1.28 bits per heavy atom. The zero-order chi connectivity index (χ0) is 17.8. The summed E-state index contributed by atoms with van der Waals surface area (Å²) < 4.78 is 1.73. The van der Waals surface area contributed by atoms with Crippen molar-refractivity contribution in [1.29, 1.82) is 0 Å². The summed E-state index contributed by atoms with van der Waals surface area (Å²) in [4.78, 5) is 25.7. The number of amides is 1. The Morgan fingerprint density at radius 2 is 2.04 bits per heavy atom. The number of benzene rings is 1. The molecule has 0 spiro atoms. The van der Waals surface area contributed by atoms with Crippen molar-refractivity contribution in [2.75, 3.05) is 18.6 Å². The highest BCUT2D eigenvalue weighted by Crippen LogP contribution is 2.25. The van der Waals surface area contributed by atoms with Crippen LogP contribution in [0.2, 0.25) is 0 Å². The minimum atomic E-state index is -1.01. The summed E-state index contributed by atoms with van der Waals surface area (Å²) >= 11 is 0. The van der Waals surface area contributed by atoms with E-state index in [1.54, 1.807) is 42.2 Å². The van der Waals surface area contributed by atoms with Gasteiger partial charge in [0.15, 0.2) is 6.04 Å². The Morgan fingerprint density at radius 3 is 2.68 bits per heavy atom. The van der Waals surface area contributed by atoms with Gasteiger partial charge in [-0.25, -0.2) is 4.79 Å². The average Bonchev–Trinajstić information content (AvgIpc) is 3.29. The molecule has 1 aromatic carbocycles. The third kappa shape index (κ3) is 3.68. The molecule has 130 valence electrons. The molecule has 1 atom stereocenters. The van der Waals surface area contributed by atoms with Gasteiger partial charge in [0.2, 0.25) is 0 Å². The Kier molecular flexibility index (Phi) is 4.78. The lowest BCUT2D eigenvalue weighted by molar-refractivity contribution is -0.138. The predicted octanol–water partition coefficient (Wildman–Crippen LogP) is 1.06. The Hall–Kier alpha value is -3.16. The number of hydrazone groups is 1. The monoisotopic (exact) mass is 341 g/mol. The third-order valence-corrected chi connectivity index (χ3v) is 4.03. The Labute approximate surface area is 145 Å². The van der Waals surface area contributed by atoms with Crippen LogP contribution in [0.3, 0.4) is 0 Å². The van der Waals surface area contributed by atoms with E-state index in [-0.39, 0.29) is 18.0 Å².